The molecule has 6 nitrogen and oxygen atoms in total. The van der Waals surface area contributed by atoms with Crippen LogP contribution in [0.5, 0.6) is 0 Å². The van der Waals surface area contributed by atoms with E-state index < -0.39 is 38.5 Å². The molecule has 1 heterocycles. The van der Waals surface area contributed by atoms with E-state index in [-0.39, 0.29) is 28.3 Å². The summed E-state index contributed by atoms with van der Waals surface area (Å²) in [5.74, 6) is -0.397. The summed E-state index contributed by atoms with van der Waals surface area (Å²) in [6.07, 6.45) is 1.11. The highest BCUT2D eigenvalue weighted by Gasteiger charge is 2.75. The molecular formula is C24H42O6Si. The number of rotatable bonds is 4. The lowest BCUT2D eigenvalue weighted by Crippen LogP contribution is -2.68. The Kier molecular flexibility index (Phi) is 6.38. The molecule has 0 unspecified atom stereocenters. The van der Waals surface area contributed by atoms with Crippen molar-refractivity contribution in [3.05, 3.63) is 11.6 Å². The summed E-state index contributed by atoms with van der Waals surface area (Å²) in [6, 6.07) is 0. The Morgan fingerprint density at radius 2 is 1.90 bits per heavy atom. The molecule has 0 amide bonds. The van der Waals surface area contributed by atoms with E-state index in [0.29, 0.717) is 6.42 Å². The van der Waals surface area contributed by atoms with Crippen LogP contribution in [0.1, 0.15) is 61.3 Å². The molecule has 0 radical (unpaired) electrons. The SMILES string of the molecule is CO[C@H]1O[C@]23[C@H](OC(C)=O)C/C(C)=C\[C@H](O)[C@@H](O[Si](C)(C)C(C)(C)C)[C@H]1[C@@H]2CC3(C)C. The summed E-state index contributed by atoms with van der Waals surface area (Å²) in [7, 11) is -0.542. The fraction of sp³-hybridized carbons (Fsp3) is 0.875. The largest absolute Gasteiger partial charge is 0.459 e. The van der Waals surface area contributed by atoms with Crippen LogP contribution in [0.15, 0.2) is 11.6 Å². The lowest BCUT2D eigenvalue weighted by molar-refractivity contribution is -0.279. The van der Waals surface area contributed by atoms with Gasteiger partial charge in [-0.25, -0.2) is 0 Å². The van der Waals surface area contributed by atoms with Crippen molar-refractivity contribution < 1.29 is 28.5 Å². The van der Waals surface area contributed by atoms with Crippen molar-refractivity contribution in [3.8, 4) is 0 Å². The van der Waals surface area contributed by atoms with Gasteiger partial charge in [-0.05, 0) is 36.9 Å². The van der Waals surface area contributed by atoms with Crippen LogP contribution in [0.2, 0.25) is 18.1 Å². The number of carbonyl (C=O) groups excluding carboxylic acids is 1. The number of hydrogen-bond acceptors (Lipinski definition) is 6. The maximum Gasteiger partial charge on any atom is 0.303 e. The summed E-state index contributed by atoms with van der Waals surface area (Å²) in [4.78, 5) is 12.0. The topological polar surface area (TPSA) is 74.2 Å². The van der Waals surface area contributed by atoms with Crippen molar-refractivity contribution in [1.82, 2.24) is 0 Å². The summed E-state index contributed by atoms with van der Waals surface area (Å²) in [5.41, 5.74) is 0.113. The molecular weight excluding hydrogens is 412 g/mol. The van der Waals surface area contributed by atoms with E-state index in [0.717, 1.165) is 12.0 Å². The average Bonchev–Trinajstić information content (AvgIpc) is 2.88. The molecule has 1 saturated heterocycles. The van der Waals surface area contributed by atoms with E-state index in [1.807, 2.05) is 13.0 Å². The molecule has 2 fully saturated rings. The molecule has 1 N–H and O–H groups in total. The molecule has 3 rings (SSSR count). The summed E-state index contributed by atoms with van der Waals surface area (Å²) in [5, 5.41) is 11.4. The second kappa shape index (κ2) is 7.94. The Hall–Kier alpha value is -0.733. The first-order valence-electron chi connectivity index (χ1n) is 11.5. The van der Waals surface area contributed by atoms with Crippen LogP contribution in [-0.4, -0.2) is 56.7 Å². The number of ether oxygens (including phenoxy) is 3. The van der Waals surface area contributed by atoms with E-state index in [2.05, 4.69) is 47.7 Å². The Morgan fingerprint density at radius 1 is 1.29 bits per heavy atom. The minimum atomic E-state index is -2.19. The first-order valence-corrected chi connectivity index (χ1v) is 14.4. The smallest absolute Gasteiger partial charge is 0.303 e. The van der Waals surface area contributed by atoms with Crippen molar-refractivity contribution in [2.75, 3.05) is 7.11 Å². The van der Waals surface area contributed by atoms with Gasteiger partial charge in [-0.15, -0.1) is 0 Å². The Labute approximate surface area is 188 Å². The zero-order valence-electron chi connectivity index (χ0n) is 20.9. The molecule has 1 aliphatic heterocycles. The van der Waals surface area contributed by atoms with Gasteiger partial charge in [0, 0.05) is 32.3 Å². The average molecular weight is 455 g/mol. The van der Waals surface area contributed by atoms with Crippen LogP contribution in [-0.2, 0) is 23.4 Å². The van der Waals surface area contributed by atoms with Gasteiger partial charge in [0.15, 0.2) is 14.6 Å². The molecule has 2 bridgehead atoms. The summed E-state index contributed by atoms with van der Waals surface area (Å²) >= 11 is 0. The fourth-order valence-electron chi connectivity index (χ4n) is 5.82. The lowest BCUT2D eigenvalue weighted by Gasteiger charge is -2.61. The predicted octanol–water partition coefficient (Wildman–Crippen LogP) is 4.42. The fourth-order valence-corrected chi connectivity index (χ4v) is 7.15. The molecule has 7 heteroatoms. The van der Waals surface area contributed by atoms with Crippen LogP contribution in [0, 0.1) is 17.3 Å². The van der Waals surface area contributed by atoms with Crippen molar-refractivity contribution >= 4 is 14.3 Å². The second-order valence-electron chi connectivity index (χ2n) is 11.9. The molecule has 31 heavy (non-hydrogen) atoms. The number of methoxy groups -OCH3 is 1. The van der Waals surface area contributed by atoms with Gasteiger partial charge < -0.3 is 23.7 Å². The number of aliphatic hydroxyl groups excluding tert-OH is 1. The standard InChI is InChI=1S/C24H42O6Si/c1-14-11-17(26)20(30-31(9,10)22(3,4)5)19-16-13-23(6,7)24(16,29-21(19)27-8)18(12-14)28-15(2)25/h11,16-21,26H,12-13H2,1-10H3/b14-11-/t16-,17-,18+,19+,20+,21-,24-/m0/s1. The van der Waals surface area contributed by atoms with Gasteiger partial charge >= 0.3 is 5.97 Å². The molecule has 2 aliphatic carbocycles. The first kappa shape index (κ1) is 24.9. The van der Waals surface area contributed by atoms with Gasteiger partial charge in [0.05, 0.1) is 12.2 Å². The van der Waals surface area contributed by atoms with Gasteiger partial charge in [-0.3, -0.25) is 4.79 Å². The van der Waals surface area contributed by atoms with Gasteiger partial charge in [0.1, 0.15) is 11.7 Å². The van der Waals surface area contributed by atoms with E-state index >= 15 is 0 Å². The summed E-state index contributed by atoms with van der Waals surface area (Å²) in [6.45, 7) is 18.8. The highest BCUT2D eigenvalue weighted by atomic mass is 28.4. The molecule has 1 saturated carbocycles. The molecule has 0 aromatic heterocycles. The third-order valence-corrected chi connectivity index (χ3v) is 12.8. The number of hydrogen-bond donors (Lipinski definition) is 1. The first-order chi connectivity index (χ1) is 14.1. The van der Waals surface area contributed by atoms with Crippen molar-refractivity contribution in [2.24, 2.45) is 17.3 Å². The van der Waals surface area contributed by atoms with Crippen LogP contribution >= 0.6 is 0 Å². The van der Waals surface area contributed by atoms with Gasteiger partial charge in [-0.2, -0.15) is 0 Å². The molecule has 0 aromatic rings. The Balaban J connectivity index is 2.12. The number of aliphatic hydroxyl groups is 1. The van der Waals surface area contributed by atoms with E-state index in [9.17, 15) is 9.90 Å². The normalized spacial score (nSPS) is 41.7. The zero-order valence-corrected chi connectivity index (χ0v) is 21.9. The van der Waals surface area contributed by atoms with Crippen molar-refractivity contribution in [2.45, 2.75) is 110 Å². The maximum atomic E-state index is 12.0. The number of carbonyl (C=O) groups is 1. The van der Waals surface area contributed by atoms with Crippen molar-refractivity contribution in [3.63, 3.8) is 0 Å². The van der Waals surface area contributed by atoms with Gasteiger partial charge in [0.2, 0.25) is 0 Å². The third kappa shape index (κ3) is 3.95. The van der Waals surface area contributed by atoms with Crippen molar-refractivity contribution in [1.29, 1.82) is 0 Å². The van der Waals surface area contributed by atoms with Gasteiger partial charge in [0.25, 0.3) is 0 Å². The molecule has 0 aromatic carbocycles. The van der Waals surface area contributed by atoms with Crippen LogP contribution in [0.3, 0.4) is 0 Å². The Bertz CT molecular complexity index is 739. The van der Waals surface area contributed by atoms with E-state index in [4.69, 9.17) is 18.6 Å². The maximum absolute atomic E-state index is 12.0. The highest BCUT2D eigenvalue weighted by molar-refractivity contribution is 6.74. The third-order valence-electron chi connectivity index (χ3n) is 8.36. The monoisotopic (exact) mass is 454 g/mol. The molecule has 178 valence electrons. The van der Waals surface area contributed by atoms with Gasteiger partial charge in [-0.1, -0.05) is 46.3 Å². The molecule has 0 spiro atoms. The second-order valence-corrected chi connectivity index (χ2v) is 16.7. The molecule has 3 aliphatic rings. The highest BCUT2D eigenvalue weighted by Crippen LogP contribution is 2.68. The molecule has 7 atom stereocenters. The zero-order chi connectivity index (χ0) is 23.6. The van der Waals surface area contributed by atoms with Crippen LogP contribution in [0.25, 0.3) is 0 Å². The minimum absolute atomic E-state index is 0.00217. The quantitative estimate of drug-likeness (QED) is 0.385. The predicted molar refractivity (Wildman–Crippen MR) is 122 cm³/mol. The Morgan fingerprint density at radius 3 is 2.39 bits per heavy atom. The van der Waals surface area contributed by atoms with E-state index in [1.54, 1.807) is 7.11 Å². The summed E-state index contributed by atoms with van der Waals surface area (Å²) < 4.78 is 25.3. The lowest BCUT2D eigenvalue weighted by atomic mass is 9.47. The van der Waals surface area contributed by atoms with Crippen LogP contribution in [0.4, 0.5) is 0 Å². The minimum Gasteiger partial charge on any atom is -0.459 e. The van der Waals surface area contributed by atoms with Crippen LogP contribution < -0.4 is 0 Å². The van der Waals surface area contributed by atoms with E-state index in [1.165, 1.54) is 6.92 Å². The number of esters is 1.